The van der Waals surface area contributed by atoms with E-state index >= 15 is 0 Å². The third-order valence-corrected chi connectivity index (χ3v) is 4.37. The molecule has 0 bridgehead atoms. The summed E-state index contributed by atoms with van der Waals surface area (Å²) in [5, 5.41) is 8.87. The quantitative estimate of drug-likeness (QED) is 0.620. The van der Waals surface area contributed by atoms with Gasteiger partial charge in [-0.05, 0) is 62.2 Å². The zero-order chi connectivity index (χ0) is 19.2. The van der Waals surface area contributed by atoms with Crippen LogP contribution in [0.2, 0.25) is 0 Å². The summed E-state index contributed by atoms with van der Waals surface area (Å²) >= 11 is 0. The van der Waals surface area contributed by atoms with Crippen LogP contribution in [-0.4, -0.2) is 11.0 Å². The fraction of sp³-hybridized carbons (Fsp3) is 0.238. The Morgan fingerprint density at radius 2 is 2.07 bits per heavy atom. The highest BCUT2D eigenvalue weighted by Crippen LogP contribution is 2.28. The van der Waals surface area contributed by atoms with Crippen LogP contribution in [0.3, 0.4) is 0 Å². The van der Waals surface area contributed by atoms with E-state index in [4.69, 9.17) is 4.74 Å². The molecule has 2 heterocycles. The van der Waals surface area contributed by atoms with Crippen LogP contribution in [0.25, 0.3) is 5.76 Å². The normalized spacial score (nSPS) is 14.1. The molecule has 0 saturated heterocycles. The monoisotopic (exact) mass is 364 g/mol. The van der Waals surface area contributed by atoms with E-state index in [1.807, 2.05) is 50.3 Å². The first-order valence-corrected chi connectivity index (χ1v) is 8.99. The van der Waals surface area contributed by atoms with Crippen molar-refractivity contribution >= 4 is 29.0 Å². The van der Waals surface area contributed by atoms with Gasteiger partial charge < -0.3 is 15.4 Å². The van der Waals surface area contributed by atoms with Crippen LogP contribution in [0.5, 0.6) is 0 Å². The molecule has 0 saturated carbocycles. The molecule has 0 aliphatic carbocycles. The van der Waals surface area contributed by atoms with Gasteiger partial charge in [0.25, 0.3) is 0 Å². The highest BCUT2D eigenvalue weighted by Gasteiger charge is 2.18. The average molecular weight is 364 g/mol. The lowest BCUT2D eigenvalue weighted by Crippen LogP contribution is -2.34. The minimum Gasteiger partial charge on any atom is -0.465 e. The first-order valence-electron chi connectivity index (χ1n) is 8.99. The number of aromatic nitrogens is 1. The minimum absolute atomic E-state index is 0.234. The van der Waals surface area contributed by atoms with Crippen LogP contribution in [0.15, 0.2) is 54.4 Å². The van der Waals surface area contributed by atoms with E-state index in [0.717, 1.165) is 34.7 Å². The first-order chi connectivity index (χ1) is 13.1. The van der Waals surface area contributed by atoms with Gasteiger partial charge in [0.2, 0.25) is 0 Å². The van der Waals surface area contributed by atoms with Gasteiger partial charge in [0.1, 0.15) is 11.6 Å². The van der Waals surface area contributed by atoms with E-state index < -0.39 is 0 Å². The summed E-state index contributed by atoms with van der Waals surface area (Å²) in [7, 11) is 0. The molecule has 0 fully saturated rings. The van der Waals surface area contributed by atoms with Crippen LogP contribution in [-0.2, 0) is 11.3 Å². The number of rotatable bonds is 6. The Bertz CT molecular complexity index is 886. The van der Waals surface area contributed by atoms with Gasteiger partial charge in [-0.2, -0.15) is 0 Å². The Kier molecular flexibility index (Phi) is 5.76. The number of nitrogens with zero attached hydrogens (tertiary/aromatic N) is 1. The number of amides is 2. The van der Waals surface area contributed by atoms with Crippen molar-refractivity contribution in [1.29, 1.82) is 0 Å². The fourth-order valence-electron chi connectivity index (χ4n) is 2.64. The van der Waals surface area contributed by atoms with E-state index in [-0.39, 0.29) is 6.03 Å². The smallest absolute Gasteiger partial charge is 0.320 e. The minimum atomic E-state index is -0.234. The molecule has 3 N–H and O–H groups in total. The molecule has 140 valence electrons. The van der Waals surface area contributed by atoms with Gasteiger partial charge in [0.05, 0.1) is 12.8 Å². The molecule has 1 aliphatic heterocycles. The number of urea groups is 1. The van der Waals surface area contributed by atoms with Crippen molar-refractivity contribution < 1.29 is 9.53 Å². The summed E-state index contributed by atoms with van der Waals surface area (Å²) in [6.07, 6.45) is 6.39. The SMILES string of the molecule is CC=C(OC=C(C)CC)c1ccc(Nc2ccnc3c2CNC(=O)N3)cc1. The summed E-state index contributed by atoms with van der Waals surface area (Å²) in [5.74, 6) is 1.41. The molecular formula is C21H24N4O2. The largest absolute Gasteiger partial charge is 0.465 e. The fourth-order valence-corrected chi connectivity index (χ4v) is 2.64. The second-order valence-corrected chi connectivity index (χ2v) is 6.28. The van der Waals surface area contributed by atoms with Crippen LogP contribution in [0.1, 0.15) is 38.3 Å². The lowest BCUT2D eigenvalue weighted by Gasteiger charge is -2.20. The third-order valence-electron chi connectivity index (χ3n) is 4.37. The molecule has 1 aromatic heterocycles. The number of fused-ring (bicyclic) bond motifs is 1. The Morgan fingerprint density at radius 3 is 2.78 bits per heavy atom. The van der Waals surface area contributed by atoms with E-state index in [2.05, 4.69) is 27.9 Å². The van der Waals surface area contributed by atoms with Crippen molar-refractivity contribution in [2.45, 2.75) is 33.7 Å². The van der Waals surface area contributed by atoms with Crippen molar-refractivity contribution in [3.8, 4) is 0 Å². The highest BCUT2D eigenvalue weighted by molar-refractivity contribution is 5.92. The molecular weight excluding hydrogens is 340 g/mol. The van der Waals surface area contributed by atoms with E-state index in [0.29, 0.717) is 12.4 Å². The highest BCUT2D eigenvalue weighted by atomic mass is 16.5. The molecule has 1 aromatic carbocycles. The number of hydrogen-bond acceptors (Lipinski definition) is 4. The lowest BCUT2D eigenvalue weighted by molar-refractivity contribution is 0.250. The number of allylic oxidation sites excluding steroid dienone is 2. The second-order valence-electron chi connectivity index (χ2n) is 6.28. The number of carbonyl (C=O) groups is 1. The van der Waals surface area contributed by atoms with E-state index in [9.17, 15) is 4.79 Å². The van der Waals surface area contributed by atoms with Gasteiger partial charge in [0.15, 0.2) is 0 Å². The van der Waals surface area contributed by atoms with Crippen molar-refractivity contribution in [2.24, 2.45) is 0 Å². The summed E-state index contributed by atoms with van der Waals surface area (Å²) in [6, 6.07) is 9.69. The summed E-state index contributed by atoms with van der Waals surface area (Å²) in [5.41, 5.74) is 4.98. The van der Waals surface area contributed by atoms with Gasteiger partial charge in [-0.15, -0.1) is 0 Å². The number of benzene rings is 1. The summed E-state index contributed by atoms with van der Waals surface area (Å²) in [4.78, 5) is 15.7. The molecule has 0 spiro atoms. The molecule has 0 unspecified atom stereocenters. The van der Waals surface area contributed by atoms with Gasteiger partial charge in [-0.3, -0.25) is 5.32 Å². The molecule has 0 radical (unpaired) electrons. The maximum atomic E-state index is 11.4. The number of pyridine rings is 1. The molecule has 6 heteroatoms. The van der Waals surface area contributed by atoms with Gasteiger partial charge in [-0.1, -0.05) is 6.92 Å². The van der Waals surface area contributed by atoms with Crippen molar-refractivity contribution in [1.82, 2.24) is 10.3 Å². The Labute approximate surface area is 159 Å². The summed E-state index contributed by atoms with van der Waals surface area (Å²) in [6.45, 7) is 6.55. The van der Waals surface area contributed by atoms with Gasteiger partial charge in [-0.25, -0.2) is 9.78 Å². The van der Waals surface area contributed by atoms with Crippen LogP contribution in [0.4, 0.5) is 22.0 Å². The number of anilines is 3. The Balaban J connectivity index is 1.75. The maximum Gasteiger partial charge on any atom is 0.320 e. The molecule has 3 rings (SSSR count). The predicted octanol–water partition coefficient (Wildman–Crippen LogP) is 5.15. The predicted molar refractivity (Wildman–Crippen MR) is 109 cm³/mol. The number of carbonyl (C=O) groups excluding carboxylic acids is 1. The average Bonchev–Trinajstić information content (AvgIpc) is 2.69. The summed E-state index contributed by atoms with van der Waals surface area (Å²) < 4.78 is 5.79. The van der Waals surface area contributed by atoms with Crippen LogP contribution < -0.4 is 16.0 Å². The van der Waals surface area contributed by atoms with Crippen molar-refractivity contribution in [3.63, 3.8) is 0 Å². The van der Waals surface area contributed by atoms with Crippen LogP contribution in [0, 0.1) is 0 Å². The topological polar surface area (TPSA) is 75.3 Å². The van der Waals surface area contributed by atoms with E-state index in [1.165, 1.54) is 5.57 Å². The molecule has 6 nitrogen and oxygen atoms in total. The van der Waals surface area contributed by atoms with Gasteiger partial charge in [0, 0.05) is 28.7 Å². The number of hydrogen-bond donors (Lipinski definition) is 3. The van der Waals surface area contributed by atoms with E-state index in [1.54, 1.807) is 12.5 Å². The molecule has 0 atom stereocenters. The Hall–Kier alpha value is -3.28. The lowest BCUT2D eigenvalue weighted by atomic mass is 10.1. The maximum absolute atomic E-state index is 11.4. The zero-order valence-electron chi connectivity index (χ0n) is 15.8. The molecule has 1 aliphatic rings. The Morgan fingerprint density at radius 1 is 1.30 bits per heavy atom. The first kappa shape index (κ1) is 18.5. The molecule has 2 aromatic rings. The number of nitrogens with one attached hydrogen (secondary N) is 3. The standard InChI is InChI=1S/C21H24N4O2/c1-4-14(3)13-27-19(5-2)15-6-8-16(9-7-15)24-18-10-11-22-20-17(18)12-23-21(26)25-20/h5-11,13H,4,12H2,1-3H3,(H3,22,23,24,25,26). The molecule has 27 heavy (non-hydrogen) atoms. The van der Waals surface area contributed by atoms with Crippen LogP contribution >= 0.6 is 0 Å². The number of ether oxygens (including phenoxy) is 1. The molecule has 2 amide bonds. The second kappa shape index (κ2) is 8.40. The third kappa shape index (κ3) is 4.47. The zero-order valence-corrected chi connectivity index (χ0v) is 15.8. The van der Waals surface area contributed by atoms with Gasteiger partial charge >= 0.3 is 6.03 Å². The van der Waals surface area contributed by atoms with Crippen molar-refractivity contribution in [2.75, 3.05) is 10.6 Å². The van der Waals surface area contributed by atoms with Crippen molar-refractivity contribution in [3.05, 3.63) is 65.6 Å².